The van der Waals surface area contributed by atoms with Crippen LogP contribution in [-0.4, -0.2) is 9.38 Å². The number of imidazole rings is 1. The van der Waals surface area contributed by atoms with Crippen LogP contribution in [0.15, 0.2) is 66.7 Å². The van der Waals surface area contributed by atoms with Crippen LogP contribution in [0.3, 0.4) is 0 Å². The second kappa shape index (κ2) is 6.68. The summed E-state index contributed by atoms with van der Waals surface area (Å²) in [6, 6.07) is 23.1. The highest BCUT2D eigenvalue weighted by Gasteiger charge is 2.16. The second-order valence-corrected chi connectivity index (χ2v) is 6.82. The molecule has 0 aliphatic rings. The van der Waals surface area contributed by atoms with Crippen LogP contribution in [0.2, 0.25) is 0 Å². The fourth-order valence-corrected chi connectivity index (χ4v) is 3.47. The Hall–Kier alpha value is -3.07. The molecule has 3 heteroatoms. The van der Waals surface area contributed by atoms with Crippen molar-refractivity contribution in [2.45, 2.75) is 27.2 Å². The molecule has 26 heavy (non-hydrogen) atoms. The summed E-state index contributed by atoms with van der Waals surface area (Å²) in [5.74, 6) is 1.05. The van der Waals surface area contributed by atoms with Crippen LogP contribution in [0.4, 0.5) is 11.5 Å². The topological polar surface area (TPSA) is 29.3 Å². The number of aryl methyl sites for hydroxylation is 3. The number of anilines is 2. The zero-order valence-corrected chi connectivity index (χ0v) is 15.5. The molecule has 0 bridgehead atoms. The average molecular weight is 341 g/mol. The normalized spacial score (nSPS) is 11.0. The molecule has 2 aromatic carbocycles. The molecule has 4 rings (SSSR count). The van der Waals surface area contributed by atoms with Crippen molar-refractivity contribution in [1.29, 1.82) is 0 Å². The van der Waals surface area contributed by atoms with Crippen LogP contribution < -0.4 is 5.32 Å². The van der Waals surface area contributed by atoms with Gasteiger partial charge in [0.05, 0.1) is 5.69 Å². The molecular formula is C23H23N3. The van der Waals surface area contributed by atoms with Crippen molar-refractivity contribution in [3.63, 3.8) is 0 Å². The summed E-state index contributed by atoms with van der Waals surface area (Å²) >= 11 is 0. The van der Waals surface area contributed by atoms with E-state index in [1.165, 1.54) is 22.4 Å². The van der Waals surface area contributed by atoms with Crippen molar-refractivity contribution in [3.05, 3.63) is 94.8 Å². The lowest BCUT2D eigenvalue weighted by Crippen LogP contribution is -2.03. The lowest BCUT2D eigenvalue weighted by atomic mass is 10.1. The highest BCUT2D eigenvalue weighted by atomic mass is 15.1. The fourth-order valence-electron chi connectivity index (χ4n) is 3.47. The first-order valence-electron chi connectivity index (χ1n) is 8.97. The maximum atomic E-state index is 4.92. The predicted octanol–water partition coefficient (Wildman–Crippen LogP) is 5.59. The van der Waals surface area contributed by atoms with Gasteiger partial charge < -0.3 is 5.32 Å². The van der Waals surface area contributed by atoms with E-state index in [1.54, 1.807) is 0 Å². The Bertz CT molecular complexity index is 1040. The van der Waals surface area contributed by atoms with Crippen LogP contribution in [0.5, 0.6) is 0 Å². The second-order valence-electron chi connectivity index (χ2n) is 6.82. The molecule has 130 valence electrons. The number of aromatic nitrogens is 2. The summed E-state index contributed by atoms with van der Waals surface area (Å²) in [5, 5.41) is 3.69. The molecule has 0 atom stereocenters. The van der Waals surface area contributed by atoms with E-state index in [-0.39, 0.29) is 0 Å². The number of para-hydroxylation sites is 1. The minimum Gasteiger partial charge on any atom is -0.339 e. The van der Waals surface area contributed by atoms with Gasteiger partial charge in [0.15, 0.2) is 0 Å². The molecular weight excluding hydrogens is 318 g/mol. The van der Waals surface area contributed by atoms with E-state index in [1.807, 2.05) is 6.07 Å². The summed E-state index contributed by atoms with van der Waals surface area (Å²) in [7, 11) is 0. The molecule has 0 amide bonds. The molecule has 4 aromatic rings. The van der Waals surface area contributed by atoms with Gasteiger partial charge in [0.25, 0.3) is 0 Å². The van der Waals surface area contributed by atoms with E-state index < -0.39 is 0 Å². The lowest BCUT2D eigenvalue weighted by molar-refractivity contribution is 1.08. The van der Waals surface area contributed by atoms with Gasteiger partial charge in [0.2, 0.25) is 0 Å². The van der Waals surface area contributed by atoms with Crippen molar-refractivity contribution in [3.8, 4) is 0 Å². The third-order valence-electron chi connectivity index (χ3n) is 4.85. The minimum atomic E-state index is 0.801. The summed E-state index contributed by atoms with van der Waals surface area (Å²) in [6.07, 6.45) is 0.801. The molecule has 2 heterocycles. The lowest BCUT2D eigenvalue weighted by Gasteiger charge is -2.15. The molecule has 0 saturated carbocycles. The summed E-state index contributed by atoms with van der Waals surface area (Å²) in [4.78, 5) is 4.92. The zero-order valence-electron chi connectivity index (χ0n) is 15.5. The third-order valence-corrected chi connectivity index (χ3v) is 4.85. The van der Waals surface area contributed by atoms with Gasteiger partial charge >= 0.3 is 0 Å². The summed E-state index contributed by atoms with van der Waals surface area (Å²) in [6.45, 7) is 6.40. The number of nitrogens with one attached hydrogen (secondary N) is 1. The quantitative estimate of drug-likeness (QED) is 0.524. The van der Waals surface area contributed by atoms with E-state index >= 15 is 0 Å². The van der Waals surface area contributed by atoms with Gasteiger partial charge in [-0.3, -0.25) is 4.40 Å². The first-order chi connectivity index (χ1) is 12.6. The fraction of sp³-hybridized carbons (Fsp3) is 0.174. The molecule has 0 fully saturated rings. The summed E-state index contributed by atoms with van der Waals surface area (Å²) in [5.41, 5.74) is 8.10. The number of hydrogen-bond acceptors (Lipinski definition) is 2. The highest BCUT2D eigenvalue weighted by Crippen LogP contribution is 2.29. The van der Waals surface area contributed by atoms with Gasteiger partial charge in [-0.1, -0.05) is 54.6 Å². The van der Waals surface area contributed by atoms with Crippen molar-refractivity contribution in [2.24, 2.45) is 0 Å². The van der Waals surface area contributed by atoms with Gasteiger partial charge in [0, 0.05) is 17.8 Å². The Kier molecular flexibility index (Phi) is 4.21. The van der Waals surface area contributed by atoms with Crippen molar-refractivity contribution >= 4 is 17.2 Å². The standard InChI is InChI=1S/C23H23N3/c1-16-9-7-10-17(2)22(16)25-23-20(15-19-12-5-4-6-13-19)24-21-14-8-11-18(3)26(21)23/h4-14,25H,15H2,1-3H3. The largest absolute Gasteiger partial charge is 0.339 e. The van der Waals surface area contributed by atoms with Crippen LogP contribution in [-0.2, 0) is 6.42 Å². The molecule has 2 aromatic heterocycles. The monoisotopic (exact) mass is 341 g/mol. The predicted molar refractivity (Wildman–Crippen MR) is 108 cm³/mol. The minimum absolute atomic E-state index is 0.801. The van der Waals surface area contributed by atoms with E-state index in [0.29, 0.717) is 0 Å². The van der Waals surface area contributed by atoms with E-state index in [9.17, 15) is 0 Å². The molecule has 3 nitrogen and oxygen atoms in total. The Morgan fingerprint density at radius 1 is 0.808 bits per heavy atom. The van der Waals surface area contributed by atoms with Gasteiger partial charge in [-0.2, -0.15) is 0 Å². The number of fused-ring (bicyclic) bond motifs is 1. The first-order valence-corrected chi connectivity index (χ1v) is 8.97. The zero-order chi connectivity index (χ0) is 18.1. The van der Waals surface area contributed by atoms with Crippen molar-refractivity contribution in [2.75, 3.05) is 5.32 Å². The van der Waals surface area contributed by atoms with Gasteiger partial charge in [-0.15, -0.1) is 0 Å². The smallest absolute Gasteiger partial charge is 0.138 e. The number of benzene rings is 2. The Morgan fingerprint density at radius 2 is 1.50 bits per heavy atom. The third kappa shape index (κ3) is 2.97. The van der Waals surface area contributed by atoms with Crippen LogP contribution >= 0.6 is 0 Å². The van der Waals surface area contributed by atoms with E-state index in [4.69, 9.17) is 4.98 Å². The number of hydrogen-bond donors (Lipinski definition) is 1. The SMILES string of the molecule is Cc1cccc(C)c1Nc1c(Cc2ccccc2)nc2cccc(C)n12. The molecule has 0 spiro atoms. The highest BCUT2D eigenvalue weighted by molar-refractivity contribution is 5.69. The Labute approximate surface area is 154 Å². The molecule has 0 unspecified atom stereocenters. The van der Waals surface area contributed by atoms with Crippen LogP contribution in [0.1, 0.15) is 28.1 Å². The van der Waals surface area contributed by atoms with E-state index in [2.05, 4.69) is 91.2 Å². The maximum absolute atomic E-state index is 4.92. The van der Waals surface area contributed by atoms with Crippen LogP contribution in [0.25, 0.3) is 5.65 Å². The molecule has 0 radical (unpaired) electrons. The van der Waals surface area contributed by atoms with Crippen molar-refractivity contribution < 1.29 is 0 Å². The number of pyridine rings is 1. The number of nitrogens with zero attached hydrogens (tertiary/aromatic N) is 2. The first kappa shape index (κ1) is 16.4. The maximum Gasteiger partial charge on any atom is 0.138 e. The van der Waals surface area contributed by atoms with Gasteiger partial charge in [-0.25, -0.2) is 4.98 Å². The van der Waals surface area contributed by atoms with Gasteiger partial charge in [0.1, 0.15) is 11.5 Å². The average Bonchev–Trinajstić information content (AvgIpc) is 2.97. The molecule has 0 saturated heterocycles. The number of rotatable bonds is 4. The summed E-state index contributed by atoms with van der Waals surface area (Å²) < 4.78 is 2.21. The van der Waals surface area contributed by atoms with Crippen LogP contribution in [0, 0.1) is 20.8 Å². The molecule has 1 N–H and O–H groups in total. The van der Waals surface area contributed by atoms with E-state index in [0.717, 1.165) is 29.3 Å². The molecule has 0 aliphatic carbocycles. The Morgan fingerprint density at radius 3 is 2.23 bits per heavy atom. The van der Waals surface area contributed by atoms with Gasteiger partial charge in [-0.05, 0) is 49.6 Å². The molecule has 0 aliphatic heterocycles. The Balaban J connectivity index is 1.87. The van der Waals surface area contributed by atoms with Crippen molar-refractivity contribution in [1.82, 2.24) is 9.38 Å².